The molecule has 0 bridgehead atoms. The number of carbonyl (C=O) groups excluding carboxylic acids is 2. The maximum Gasteiger partial charge on any atom is 0.309 e. The number of aryl methyl sites for hydroxylation is 1. The highest BCUT2D eigenvalue weighted by Crippen LogP contribution is 2.34. The smallest absolute Gasteiger partial charge is 0.309 e. The molecule has 10 heteroatoms. The highest BCUT2D eigenvalue weighted by Gasteiger charge is 2.34. The van der Waals surface area contributed by atoms with E-state index in [4.69, 9.17) is 0 Å². The van der Waals surface area contributed by atoms with E-state index in [-0.39, 0.29) is 30.3 Å². The Balaban J connectivity index is 1.46. The van der Waals surface area contributed by atoms with Gasteiger partial charge >= 0.3 is 5.97 Å². The number of aliphatic carboxylic acids is 1. The molecule has 1 aliphatic rings. The molecule has 0 spiro atoms. The quantitative estimate of drug-likeness (QED) is 0.447. The number of aromatic nitrogens is 3. The van der Waals surface area contributed by atoms with Crippen LogP contribution >= 0.6 is 0 Å². The van der Waals surface area contributed by atoms with Crippen molar-refractivity contribution in [3.8, 4) is 0 Å². The molecule has 1 aromatic carbocycles. The van der Waals surface area contributed by atoms with Crippen LogP contribution in [0, 0.1) is 18.2 Å². The van der Waals surface area contributed by atoms with Gasteiger partial charge in [-0.25, -0.2) is 13.9 Å². The zero-order chi connectivity index (χ0) is 25.2. The number of carboxylic acid groups (broad SMARTS) is 1. The first-order chi connectivity index (χ1) is 16.7. The lowest BCUT2D eigenvalue weighted by atomic mass is 9.76. The second-order valence-electron chi connectivity index (χ2n) is 9.01. The van der Waals surface area contributed by atoms with E-state index in [2.05, 4.69) is 20.7 Å². The minimum atomic E-state index is -0.824. The number of halogens is 1. The number of hydrogen-bond donors (Lipinski definition) is 3. The van der Waals surface area contributed by atoms with Crippen molar-refractivity contribution in [2.75, 3.05) is 6.54 Å². The molecule has 182 valence electrons. The molecule has 2 aromatic heterocycles. The summed E-state index contributed by atoms with van der Waals surface area (Å²) < 4.78 is 14.8. The standard InChI is InChI=1S/C25H26FN5O4/c1-15-11-17(3-4-18(15)26)14-27-22(32)19-12-20(31-21(30-19)7-10-29-31)23(33)28-13-16-5-8-25(2,9-6-16)24(34)35/h3-5,7,10-12H,6,8-9,13-14H2,1-2H3,(H,27,32)(H,28,33)(H,34,35). The highest BCUT2D eigenvalue weighted by atomic mass is 19.1. The number of amides is 2. The Morgan fingerprint density at radius 3 is 2.60 bits per heavy atom. The van der Waals surface area contributed by atoms with Gasteiger partial charge in [0.2, 0.25) is 0 Å². The van der Waals surface area contributed by atoms with E-state index in [0.29, 0.717) is 30.5 Å². The minimum Gasteiger partial charge on any atom is -0.481 e. The van der Waals surface area contributed by atoms with E-state index in [9.17, 15) is 23.9 Å². The van der Waals surface area contributed by atoms with Crippen molar-refractivity contribution in [2.24, 2.45) is 5.41 Å². The highest BCUT2D eigenvalue weighted by molar-refractivity contribution is 5.98. The van der Waals surface area contributed by atoms with Crippen LogP contribution in [0.5, 0.6) is 0 Å². The van der Waals surface area contributed by atoms with Gasteiger partial charge in [-0.1, -0.05) is 23.8 Å². The number of hydrogen-bond acceptors (Lipinski definition) is 5. The molecule has 0 fully saturated rings. The summed E-state index contributed by atoms with van der Waals surface area (Å²) in [5.74, 6) is -2.05. The van der Waals surface area contributed by atoms with E-state index in [1.807, 2.05) is 6.08 Å². The van der Waals surface area contributed by atoms with Gasteiger partial charge in [0.25, 0.3) is 11.8 Å². The Labute approximate surface area is 201 Å². The van der Waals surface area contributed by atoms with E-state index in [1.54, 1.807) is 32.0 Å². The number of allylic oxidation sites excluding steroid dienone is 1. The van der Waals surface area contributed by atoms with Gasteiger partial charge in [-0.3, -0.25) is 14.4 Å². The average molecular weight is 480 g/mol. The normalized spacial score (nSPS) is 17.6. The number of carbonyl (C=O) groups is 3. The first-order valence-electron chi connectivity index (χ1n) is 11.2. The summed E-state index contributed by atoms with van der Waals surface area (Å²) in [6.07, 6.45) is 4.83. The second-order valence-corrected chi connectivity index (χ2v) is 9.01. The minimum absolute atomic E-state index is 0.0519. The summed E-state index contributed by atoms with van der Waals surface area (Å²) in [7, 11) is 0. The van der Waals surface area contributed by atoms with Crippen LogP contribution in [-0.4, -0.2) is 44.0 Å². The average Bonchev–Trinajstić information content (AvgIpc) is 3.32. The third-order valence-electron chi connectivity index (χ3n) is 6.33. The largest absolute Gasteiger partial charge is 0.481 e. The van der Waals surface area contributed by atoms with Crippen molar-refractivity contribution in [1.29, 1.82) is 0 Å². The predicted octanol–water partition coefficient (Wildman–Crippen LogP) is 3.04. The maximum absolute atomic E-state index is 13.5. The van der Waals surface area contributed by atoms with Crippen LogP contribution in [0.2, 0.25) is 0 Å². The lowest BCUT2D eigenvalue weighted by molar-refractivity contribution is -0.148. The van der Waals surface area contributed by atoms with Gasteiger partial charge in [0.15, 0.2) is 5.65 Å². The summed E-state index contributed by atoms with van der Waals surface area (Å²) in [6.45, 7) is 3.81. The first kappa shape index (κ1) is 24.1. The lowest BCUT2D eigenvalue weighted by Crippen LogP contribution is -2.33. The van der Waals surface area contributed by atoms with Crippen LogP contribution in [0.25, 0.3) is 5.65 Å². The van der Waals surface area contributed by atoms with Crippen molar-refractivity contribution in [1.82, 2.24) is 25.2 Å². The molecule has 1 aliphatic carbocycles. The molecule has 9 nitrogen and oxygen atoms in total. The van der Waals surface area contributed by atoms with Gasteiger partial charge < -0.3 is 15.7 Å². The molecule has 1 atom stereocenters. The van der Waals surface area contributed by atoms with Gasteiger partial charge in [-0.05, 0) is 50.3 Å². The molecular weight excluding hydrogens is 453 g/mol. The molecule has 0 saturated heterocycles. The molecule has 4 rings (SSSR count). The fourth-order valence-corrected chi connectivity index (χ4v) is 3.93. The number of fused-ring (bicyclic) bond motifs is 1. The number of benzene rings is 1. The summed E-state index contributed by atoms with van der Waals surface area (Å²) in [6, 6.07) is 7.56. The Hall–Kier alpha value is -4.08. The van der Waals surface area contributed by atoms with Crippen molar-refractivity contribution < 1.29 is 23.9 Å². The summed E-state index contributed by atoms with van der Waals surface area (Å²) in [5.41, 5.74) is 1.93. The number of nitrogens with one attached hydrogen (secondary N) is 2. The Kier molecular flexibility index (Phi) is 6.63. The maximum atomic E-state index is 13.5. The van der Waals surface area contributed by atoms with E-state index >= 15 is 0 Å². The van der Waals surface area contributed by atoms with Crippen LogP contribution in [0.15, 0.2) is 48.2 Å². The molecule has 2 amide bonds. The predicted molar refractivity (Wildman–Crippen MR) is 125 cm³/mol. The van der Waals surface area contributed by atoms with Crippen molar-refractivity contribution in [3.05, 3.63) is 76.5 Å². The van der Waals surface area contributed by atoms with Crippen LogP contribution in [0.4, 0.5) is 4.39 Å². The molecule has 35 heavy (non-hydrogen) atoms. The van der Waals surface area contributed by atoms with E-state index < -0.39 is 23.2 Å². The molecule has 2 heterocycles. The Morgan fingerprint density at radius 1 is 1.14 bits per heavy atom. The fraction of sp³-hybridized carbons (Fsp3) is 0.320. The SMILES string of the molecule is Cc1cc(CNC(=O)c2cc(C(=O)NCC3=CCC(C)(C(=O)O)CC3)n3nccc3n2)ccc1F. The van der Waals surface area contributed by atoms with Crippen LogP contribution in [0.3, 0.4) is 0 Å². The van der Waals surface area contributed by atoms with Crippen LogP contribution in [-0.2, 0) is 11.3 Å². The topological polar surface area (TPSA) is 126 Å². The Bertz CT molecular complexity index is 1350. The van der Waals surface area contributed by atoms with Gasteiger partial charge in [0.05, 0.1) is 11.6 Å². The Morgan fingerprint density at radius 2 is 1.91 bits per heavy atom. The number of rotatable bonds is 7. The van der Waals surface area contributed by atoms with Gasteiger partial charge in [0.1, 0.15) is 17.2 Å². The lowest BCUT2D eigenvalue weighted by Gasteiger charge is -2.28. The molecule has 3 aromatic rings. The molecule has 1 unspecified atom stereocenters. The first-order valence-corrected chi connectivity index (χ1v) is 11.2. The van der Waals surface area contributed by atoms with E-state index in [1.165, 1.54) is 22.8 Å². The van der Waals surface area contributed by atoms with Crippen LogP contribution in [0.1, 0.15) is 58.3 Å². The van der Waals surface area contributed by atoms with Gasteiger partial charge in [-0.15, -0.1) is 0 Å². The monoisotopic (exact) mass is 479 g/mol. The number of carboxylic acids is 1. The summed E-state index contributed by atoms with van der Waals surface area (Å²) in [5, 5.41) is 19.1. The summed E-state index contributed by atoms with van der Waals surface area (Å²) in [4.78, 5) is 41.4. The van der Waals surface area contributed by atoms with Crippen molar-refractivity contribution >= 4 is 23.4 Å². The molecule has 3 N–H and O–H groups in total. The molecule has 0 aliphatic heterocycles. The molecular formula is C25H26FN5O4. The van der Waals surface area contributed by atoms with Crippen molar-refractivity contribution in [3.63, 3.8) is 0 Å². The fourth-order valence-electron chi connectivity index (χ4n) is 3.93. The summed E-state index contributed by atoms with van der Waals surface area (Å²) >= 11 is 0. The van der Waals surface area contributed by atoms with Crippen LogP contribution < -0.4 is 10.6 Å². The van der Waals surface area contributed by atoms with Gasteiger partial charge in [0, 0.05) is 25.2 Å². The third-order valence-corrected chi connectivity index (χ3v) is 6.33. The van der Waals surface area contributed by atoms with E-state index in [0.717, 1.165) is 11.1 Å². The second kappa shape index (κ2) is 9.65. The molecule has 0 saturated carbocycles. The zero-order valence-electron chi connectivity index (χ0n) is 19.5. The number of nitrogens with zero attached hydrogens (tertiary/aromatic N) is 3. The zero-order valence-corrected chi connectivity index (χ0v) is 19.5. The third kappa shape index (κ3) is 5.21. The van der Waals surface area contributed by atoms with Gasteiger partial charge in [-0.2, -0.15) is 5.10 Å². The van der Waals surface area contributed by atoms with Crippen molar-refractivity contribution in [2.45, 2.75) is 39.7 Å². The molecule has 0 radical (unpaired) electrons.